The molecule has 1 saturated heterocycles. The second-order valence-electron chi connectivity index (χ2n) is 8.19. The number of nitrogen functional groups attached to an aromatic ring is 1. The van der Waals surface area contributed by atoms with E-state index in [0.29, 0.717) is 18.0 Å². The molecule has 2 aromatic heterocycles. The maximum absolute atomic E-state index is 12.2. The Morgan fingerprint density at radius 1 is 1.27 bits per heavy atom. The van der Waals surface area contributed by atoms with Crippen LogP contribution in [0.2, 0.25) is 0 Å². The third kappa shape index (κ3) is 3.04. The van der Waals surface area contributed by atoms with Crippen molar-refractivity contribution in [2.45, 2.75) is 32.0 Å². The van der Waals surface area contributed by atoms with Gasteiger partial charge in [0.25, 0.3) is 0 Å². The standard InChI is InChI=1S/C22H25N7O/c1-3-18(30)28-8-4-5-17(12-28)29-22-19(21(23)24-13-25-22)20(26-29)14-6-7-15-10-27(2)11-16(15)9-14/h3,6-7,9,13,17H,1,4-5,8,10-12H2,2H3,(H2,23,24,25)/t17-/m1/s1. The number of fused-ring (bicyclic) bond motifs is 2. The van der Waals surface area contributed by atoms with Crippen LogP contribution in [0.4, 0.5) is 5.82 Å². The van der Waals surface area contributed by atoms with Gasteiger partial charge in [0.2, 0.25) is 5.91 Å². The van der Waals surface area contributed by atoms with Crippen molar-refractivity contribution in [3.05, 3.63) is 48.3 Å². The van der Waals surface area contributed by atoms with E-state index in [2.05, 4.69) is 46.7 Å². The predicted octanol–water partition coefficient (Wildman–Crippen LogP) is 2.37. The number of piperidine rings is 1. The molecule has 0 aliphatic carbocycles. The molecule has 0 unspecified atom stereocenters. The lowest BCUT2D eigenvalue weighted by atomic mass is 10.0. The van der Waals surface area contributed by atoms with Crippen LogP contribution >= 0.6 is 0 Å². The molecule has 2 aliphatic rings. The zero-order chi connectivity index (χ0) is 20.8. The number of likely N-dealkylation sites (tertiary alicyclic amines) is 1. The fourth-order valence-corrected chi connectivity index (χ4v) is 4.65. The van der Waals surface area contributed by atoms with Crippen LogP contribution in [0.3, 0.4) is 0 Å². The van der Waals surface area contributed by atoms with E-state index in [-0.39, 0.29) is 11.9 Å². The van der Waals surface area contributed by atoms with Crippen LogP contribution in [-0.4, -0.2) is 55.6 Å². The molecule has 30 heavy (non-hydrogen) atoms. The highest BCUT2D eigenvalue weighted by molar-refractivity contribution is 5.98. The lowest BCUT2D eigenvalue weighted by Gasteiger charge is -2.32. The number of amides is 1. The van der Waals surface area contributed by atoms with Crippen molar-refractivity contribution in [2.24, 2.45) is 0 Å². The largest absolute Gasteiger partial charge is 0.383 e. The average Bonchev–Trinajstić information content (AvgIpc) is 3.33. The van der Waals surface area contributed by atoms with E-state index in [9.17, 15) is 4.79 Å². The summed E-state index contributed by atoms with van der Waals surface area (Å²) in [5.41, 5.74) is 11.5. The molecule has 2 N–H and O–H groups in total. The van der Waals surface area contributed by atoms with E-state index in [1.807, 2.05) is 9.58 Å². The lowest BCUT2D eigenvalue weighted by Crippen LogP contribution is -2.40. The monoisotopic (exact) mass is 403 g/mol. The fraction of sp³-hybridized carbons (Fsp3) is 0.364. The second kappa shape index (κ2) is 7.21. The predicted molar refractivity (Wildman–Crippen MR) is 115 cm³/mol. The molecule has 5 rings (SSSR count). The number of rotatable bonds is 3. The van der Waals surface area contributed by atoms with Gasteiger partial charge in [-0.3, -0.25) is 9.69 Å². The van der Waals surface area contributed by atoms with E-state index in [1.165, 1.54) is 23.5 Å². The quantitative estimate of drug-likeness (QED) is 0.675. The Balaban J connectivity index is 1.60. The molecule has 0 bridgehead atoms. The Morgan fingerprint density at radius 2 is 2.10 bits per heavy atom. The van der Waals surface area contributed by atoms with Crippen molar-refractivity contribution >= 4 is 22.8 Å². The normalized spacial score (nSPS) is 19.2. The summed E-state index contributed by atoms with van der Waals surface area (Å²) in [7, 11) is 2.12. The topological polar surface area (TPSA) is 93.2 Å². The number of hydrogen-bond acceptors (Lipinski definition) is 6. The van der Waals surface area contributed by atoms with Gasteiger partial charge in [0.05, 0.1) is 11.4 Å². The zero-order valence-electron chi connectivity index (χ0n) is 17.1. The average molecular weight is 403 g/mol. The van der Waals surface area contributed by atoms with E-state index < -0.39 is 0 Å². The minimum Gasteiger partial charge on any atom is -0.383 e. The van der Waals surface area contributed by atoms with Gasteiger partial charge in [-0.15, -0.1) is 0 Å². The lowest BCUT2D eigenvalue weighted by molar-refractivity contribution is -0.127. The second-order valence-corrected chi connectivity index (χ2v) is 8.19. The molecule has 3 aromatic rings. The Labute approximate surface area is 175 Å². The molecular formula is C22H25N7O. The minimum atomic E-state index is -0.0479. The molecule has 1 fully saturated rings. The molecule has 1 amide bonds. The van der Waals surface area contributed by atoms with Crippen LogP contribution in [0.25, 0.3) is 22.3 Å². The van der Waals surface area contributed by atoms with Gasteiger partial charge in [-0.25, -0.2) is 14.6 Å². The smallest absolute Gasteiger partial charge is 0.246 e. The van der Waals surface area contributed by atoms with Gasteiger partial charge in [0.15, 0.2) is 5.65 Å². The van der Waals surface area contributed by atoms with Crippen molar-refractivity contribution in [3.8, 4) is 11.3 Å². The van der Waals surface area contributed by atoms with Crippen LogP contribution in [0, 0.1) is 0 Å². The number of anilines is 1. The van der Waals surface area contributed by atoms with E-state index in [1.54, 1.807) is 0 Å². The van der Waals surface area contributed by atoms with Crippen LogP contribution in [0.1, 0.15) is 30.0 Å². The van der Waals surface area contributed by atoms with E-state index in [4.69, 9.17) is 10.8 Å². The number of hydrogen-bond donors (Lipinski definition) is 1. The molecule has 1 atom stereocenters. The first-order chi connectivity index (χ1) is 14.5. The number of benzene rings is 1. The molecule has 0 spiro atoms. The summed E-state index contributed by atoms with van der Waals surface area (Å²) in [6.07, 6.45) is 4.69. The third-order valence-corrected chi connectivity index (χ3v) is 6.11. The summed E-state index contributed by atoms with van der Waals surface area (Å²) in [5.74, 6) is 0.377. The van der Waals surface area contributed by atoms with Crippen molar-refractivity contribution in [3.63, 3.8) is 0 Å². The summed E-state index contributed by atoms with van der Waals surface area (Å²) < 4.78 is 1.94. The van der Waals surface area contributed by atoms with Crippen LogP contribution in [0.15, 0.2) is 37.2 Å². The van der Waals surface area contributed by atoms with Gasteiger partial charge in [0, 0.05) is 31.7 Å². The molecule has 1 aromatic carbocycles. The van der Waals surface area contributed by atoms with Crippen molar-refractivity contribution < 1.29 is 4.79 Å². The van der Waals surface area contributed by atoms with Gasteiger partial charge in [-0.2, -0.15) is 5.10 Å². The third-order valence-electron chi connectivity index (χ3n) is 6.11. The minimum absolute atomic E-state index is 0.0359. The SMILES string of the molecule is C=CC(=O)N1CCC[C@@H](n2nc(-c3ccc4c(c3)CN(C)C4)c3c(N)ncnc32)C1. The maximum atomic E-state index is 12.2. The fourth-order valence-electron chi connectivity index (χ4n) is 4.65. The van der Waals surface area contributed by atoms with Gasteiger partial charge in [0.1, 0.15) is 17.8 Å². The summed E-state index contributed by atoms with van der Waals surface area (Å²) in [6.45, 7) is 6.83. The van der Waals surface area contributed by atoms with Crippen LogP contribution in [0.5, 0.6) is 0 Å². The Kier molecular flexibility index (Phi) is 4.51. The highest BCUT2D eigenvalue weighted by Gasteiger charge is 2.28. The van der Waals surface area contributed by atoms with Crippen LogP contribution < -0.4 is 5.73 Å². The summed E-state index contributed by atoms with van der Waals surface area (Å²) >= 11 is 0. The first kappa shape index (κ1) is 18.7. The molecule has 154 valence electrons. The summed E-state index contributed by atoms with van der Waals surface area (Å²) in [6, 6.07) is 6.51. The Hall–Kier alpha value is -3.26. The van der Waals surface area contributed by atoms with Gasteiger partial charge >= 0.3 is 0 Å². The molecule has 2 aliphatic heterocycles. The molecule has 0 radical (unpaired) electrons. The Bertz CT molecular complexity index is 1150. The van der Waals surface area contributed by atoms with Crippen molar-refractivity contribution in [1.29, 1.82) is 0 Å². The maximum Gasteiger partial charge on any atom is 0.246 e. The van der Waals surface area contributed by atoms with Crippen LogP contribution in [-0.2, 0) is 17.9 Å². The number of nitrogens with zero attached hydrogens (tertiary/aromatic N) is 6. The summed E-state index contributed by atoms with van der Waals surface area (Å²) in [4.78, 5) is 25.0. The highest BCUT2D eigenvalue weighted by Crippen LogP contribution is 2.35. The number of aromatic nitrogens is 4. The molecule has 4 heterocycles. The van der Waals surface area contributed by atoms with Gasteiger partial charge in [-0.05, 0) is 43.2 Å². The highest BCUT2D eigenvalue weighted by atomic mass is 16.2. The first-order valence-electron chi connectivity index (χ1n) is 10.3. The van der Waals surface area contributed by atoms with Crippen molar-refractivity contribution in [2.75, 3.05) is 25.9 Å². The Morgan fingerprint density at radius 3 is 2.93 bits per heavy atom. The van der Waals surface area contributed by atoms with Gasteiger partial charge in [-0.1, -0.05) is 18.7 Å². The van der Waals surface area contributed by atoms with Gasteiger partial charge < -0.3 is 10.6 Å². The number of nitrogens with two attached hydrogens (primary N) is 1. The zero-order valence-corrected chi connectivity index (χ0v) is 17.1. The molecule has 8 nitrogen and oxygen atoms in total. The van der Waals surface area contributed by atoms with E-state index in [0.717, 1.165) is 49.1 Å². The first-order valence-corrected chi connectivity index (χ1v) is 10.3. The summed E-state index contributed by atoms with van der Waals surface area (Å²) in [5, 5.41) is 5.74. The van der Waals surface area contributed by atoms with Crippen molar-refractivity contribution in [1.82, 2.24) is 29.5 Å². The molecular weight excluding hydrogens is 378 g/mol. The van der Waals surface area contributed by atoms with E-state index >= 15 is 0 Å². The number of carbonyl (C=O) groups excluding carboxylic acids is 1. The number of carbonyl (C=O) groups is 1. The molecule has 8 heteroatoms. The molecule has 0 saturated carbocycles.